The van der Waals surface area contributed by atoms with Crippen molar-refractivity contribution in [1.82, 2.24) is 10.3 Å². The van der Waals surface area contributed by atoms with Crippen LogP contribution in [0.1, 0.15) is 15.9 Å². The summed E-state index contributed by atoms with van der Waals surface area (Å²) in [6.45, 7) is 0.558. The lowest BCUT2D eigenvalue weighted by Crippen LogP contribution is -2.31. The molecule has 1 aliphatic rings. The number of sulfonamides is 1. The highest BCUT2D eigenvalue weighted by molar-refractivity contribution is 7.92. The Morgan fingerprint density at radius 3 is 2.46 bits per heavy atom. The fraction of sp³-hybridized carbons (Fsp3) is 0.0769. The molecule has 1 aromatic heterocycles. The Bertz CT molecular complexity index is 1560. The van der Waals surface area contributed by atoms with Gasteiger partial charge in [-0.2, -0.15) is 0 Å². The summed E-state index contributed by atoms with van der Waals surface area (Å²) < 4.78 is 42.9. The molecule has 0 atom stereocenters. The van der Waals surface area contributed by atoms with Gasteiger partial charge in [-0.05, 0) is 53.9 Å². The molecule has 7 nitrogen and oxygen atoms in total. The van der Waals surface area contributed by atoms with Gasteiger partial charge in [0, 0.05) is 40.7 Å². The van der Waals surface area contributed by atoms with Gasteiger partial charge in [0.25, 0.3) is 15.9 Å². The maximum absolute atomic E-state index is 15.1. The first-order valence-corrected chi connectivity index (χ1v) is 12.3. The fourth-order valence-corrected chi connectivity index (χ4v) is 5.14. The van der Waals surface area contributed by atoms with E-state index in [-0.39, 0.29) is 22.2 Å². The van der Waals surface area contributed by atoms with E-state index in [0.29, 0.717) is 35.3 Å². The van der Waals surface area contributed by atoms with E-state index >= 15 is 4.39 Å². The van der Waals surface area contributed by atoms with Crippen LogP contribution in [0.4, 0.5) is 15.9 Å². The minimum atomic E-state index is -3.96. The van der Waals surface area contributed by atoms with E-state index in [0.717, 1.165) is 17.2 Å². The molecule has 0 fully saturated rings. The van der Waals surface area contributed by atoms with E-state index in [1.165, 1.54) is 18.3 Å². The Morgan fingerprint density at radius 2 is 1.69 bits per heavy atom. The quantitative estimate of drug-likeness (QED) is 0.389. The number of halogens is 1. The Morgan fingerprint density at radius 1 is 0.914 bits per heavy atom. The zero-order valence-corrected chi connectivity index (χ0v) is 19.3. The molecule has 0 unspecified atom stereocenters. The molecule has 0 bridgehead atoms. The number of benzene rings is 3. The van der Waals surface area contributed by atoms with Crippen molar-refractivity contribution in [2.75, 3.05) is 17.0 Å². The second-order valence-corrected chi connectivity index (χ2v) is 9.83. The number of nitrogens with one attached hydrogen (secondary N) is 2. The van der Waals surface area contributed by atoms with E-state index in [2.05, 4.69) is 15.0 Å². The summed E-state index contributed by atoms with van der Waals surface area (Å²) in [7, 11) is -3.96. The number of nitrogen functional groups attached to an aromatic ring is 1. The average molecular weight is 489 g/mol. The van der Waals surface area contributed by atoms with Gasteiger partial charge < -0.3 is 11.1 Å². The number of anilines is 2. The van der Waals surface area contributed by atoms with Gasteiger partial charge >= 0.3 is 0 Å². The van der Waals surface area contributed by atoms with Crippen molar-refractivity contribution in [3.05, 3.63) is 95.9 Å². The minimum absolute atomic E-state index is 0.114. The highest BCUT2D eigenvalue weighted by atomic mass is 32.2. The standard InChI is InChI=1S/C26H21FN4O3S/c27-24-14-20(35(33,34)31-19-4-2-1-3-5-19)7-9-21(24)18-13-23(25(28)30-15-18)16-6-8-22-17(12-16)10-11-29-26(22)32/h1-9,12-15,31H,10-11H2,(H2,28,30)(H,29,32). The summed E-state index contributed by atoms with van der Waals surface area (Å²) in [6.07, 6.45) is 2.14. The number of fused-ring (bicyclic) bond motifs is 1. The summed E-state index contributed by atoms with van der Waals surface area (Å²) in [5.74, 6) is -0.558. The number of nitrogens with two attached hydrogens (primary N) is 1. The monoisotopic (exact) mass is 488 g/mol. The molecule has 4 N–H and O–H groups in total. The first-order valence-electron chi connectivity index (χ1n) is 10.9. The van der Waals surface area contributed by atoms with Crippen LogP contribution in [0.15, 0.2) is 83.9 Å². The van der Waals surface area contributed by atoms with Gasteiger partial charge in [-0.25, -0.2) is 17.8 Å². The third kappa shape index (κ3) is 4.45. The van der Waals surface area contributed by atoms with Crippen LogP contribution in [0, 0.1) is 5.82 Å². The van der Waals surface area contributed by atoms with Gasteiger partial charge in [-0.15, -0.1) is 0 Å². The molecule has 4 aromatic rings. The van der Waals surface area contributed by atoms with Gasteiger partial charge in [0.15, 0.2) is 0 Å². The van der Waals surface area contributed by atoms with Crippen molar-refractivity contribution in [3.63, 3.8) is 0 Å². The fourth-order valence-electron chi connectivity index (χ4n) is 4.07. The van der Waals surface area contributed by atoms with Gasteiger partial charge in [0.2, 0.25) is 0 Å². The van der Waals surface area contributed by atoms with Crippen molar-refractivity contribution in [1.29, 1.82) is 0 Å². The topological polar surface area (TPSA) is 114 Å². The summed E-state index contributed by atoms with van der Waals surface area (Å²) in [5, 5.41) is 2.81. The zero-order chi connectivity index (χ0) is 24.6. The second-order valence-electron chi connectivity index (χ2n) is 8.15. The van der Waals surface area contributed by atoms with Crippen LogP contribution in [-0.2, 0) is 16.4 Å². The van der Waals surface area contributed by atoms with E-state index < -0.39 is 15.8 Å². The van der Waals surface area contributed by atoms with Crippen molar-refractivity contribution >= 4 is 27.4 Å². The molecule has 2 heterocycles. The van der Waals surface area contributed by atoms with E-state index in [1.54, 1.807) is 48.5 Å². The third-order valence-corrected chi connectivity index (χ3v) is 7.23. The van der Waals surface area contributed by atoms with Crippen LogP contribution in [0.3, 0.4) is 0 Å². The largest absolute Gasteiger partial charge is 0.383 e. The molecular formula is C26H21FN4O3S. The first kappa shape index (κ1) is 22.5. The number of pyridine rings is 1. The number of rotatable bonds is 5. The molecule has 35 heavy (non-hydrogen) atoms. The Kier molecular flexibility index (Phi) is 5.70. The summed E-state index contributed by atoms with van der Waals surface area (Å²) in [4.78, 5) is 16.1. The zero-order valence-electron chi connectivity index (χ0n) is 18.5. The molecule has 176 valence electrons. The number of para-hydroxylation sites is 1. The van der Waals surface area contributed by atoms with E-state index in [9.17, 15) is 13.2 Å². The van der Waals surface area contributed by atoms with Crippen molar-refractivity contribution < 1.29 is 17.6 Å². The predicted octanol–water partition coefficient (Wildman–Crippen LogP) is 4.22. The molecule has 3 aromatic carbocycles. The Hall–Kier alpha value is -4.24. The molecule has 0 saturated heterocycles. The number of nitrogens with zero attached hydrogens (tertiary/aromatic N) is 1. The highest BCUT2D eigenvalue weighted by Gasteiger charge is 2.20. The number of hydrogen-bond donors (Lipinski definition) is 3. The van der Waals surface area contributed by atoms with Gasteiger partial charge in [0.1, 0.15) is 11.6 Å². The van der Waals surface area contributed by atoms with Gasteiger partial charge in [-0.1, -0.05) is 36.4 Å². The molecule has 0 spiro atoms. The average Bonchev–Trinajstić information content (AvgIpc) is 2.85. The summed E-state index contributed by atoms with van der Waals surface area (Å²) in [6, 6.07) is 19.2. The van der Waals surface area contributed by atoms with Crippen molar-refractivity contribution in [2.45, 2.75) is 11.3 Å². The van der Waals surface area contributed by atoms with E-state index in [4.69, 9.17) is 5.73 Å². The lowest BCUT2D eigenvalue weighted by Gasteiger charge is -2.18. The van der Waals surface area contributed by atoms with Gasteiger partial charge in [-0.3, -0.25) is 9.52 Å². The van der Waals surface area contributed by atoms with Crippen LogP contribution < -0.4 is 15.8 Å². The van der Waals surface area contributed by atoms with Crippen molar-refractivity contribution in [2.24, 2.45) is 0 Å². The first-order chi connectivity index (χ1) is 16.8. The third-order valence-electron chi connectivity index (χ3n) is 5.85. The Balaban J connectivity index is 1.48. The molecule has 9 heteroatoms. The van der Waals surface area contributed by atoms with Crippen molar-refractivity contribution in [3.8, 4) is 22.3 Å². The van der Waals surface area contributed by atoms with Crippen LogP contribution in [0.2, 0.25) is 0 Å². The number of aromatic nitrogens is 1. The number of hydrogen-bond acceptors (Lipinski definition) is 5. The SMILES string of the molecule is Nc1ncc(-c2ccc(S(=O)(=O)Nc3ccccc3)cc2F)cc1-c1ccc2c(c1)CCNC2=O. The lowest BCUT2D eigenvalue weighted by atomic mass is 9.94. The molecule has 0 radical (unpaired) electrons. The van der Waals surface area contributed by atoms with E-state index in [1.807, 2.05) is 6.07 Å². The number of carbonyl (C=O) groups is 1. The second kappa shape index (κ2) is 8.84. The normalized spacial score (nSPS) is 13.1. The molecular weight excluding hydrogens is 467 g/mol. The van der Waals surface area contributed by atoms with Crippen LogP contribution in [0.5, 0.6) is 0 Å². The summed E-state index contributed by atoms with van der Waals surface area (Å²) >= 11 is 0. The number of carbonyl (C=O) groups excluding carboxylic acids is 1. The predicted molar refractivity (Wildman–Crippen MR) is 133 cm³/mol. The minimum Gasteiger partial charge on any atom is -0.383 e. The maximum Gasteiger partial charge on any atom is 0.261 e. The molecule has 1 aliphatic heterocycles. The van der Waals surface area contributed by atoms with Crippen LogP contribution >= 0.6 is 0 Å². The van der Waals surface area contributed by atoms with Crippen LogP contribution in [-0.4, -0.2) is 25.9 Å². The smallest absolute Gasteiger partial charge is 0.261 e. The number of amides is 1. The molecule has 0 saturated carbocycles. The molecule has 5 rings (SSSR count). The molecule has 1 amide bonds. The van der Waals surface area contributed by atoms with Crippen LogP contribution in [0.25, 0.3) is 22.3 Å². The Labute approximate surface area is 201 Å². The maximum atomic E-state index is 15.1. The summed E-state index contributed by atoms with van der Waals surface area (Å²) in [5.41, 5.74) is 10.0. The van der Waals surface area contributed by atoms with Gasteiger partial charge in [0.05, 0.1) is 4.90 Å². The molecule has 0 aliphatic carbocycles. The highest BCUT2D eigenvalue weighted by Crippen LogP contribution is 2.33. The lowest BCUT2D eigenvalue weighted by molar-refractivity contribution is 0.0946.